The molecule has 0 bridgehead atoms. The van der Waals surface area contributed by atoms with Gasteiger partial charge < -0.3 is 9.47 Å². The largest absolute Gasteiger partial charge is 0.376 e. The van der Waals surface area contributed by atoms with E-state index in [0.717, 1.165) is 30.7 Å². The van der Waals surface area contributed by atoms with Gasteiger partial charge in [0.05, 0.1) is 30.0 Å². The van der Waals surface area contributed by atoms with Gasteiger partial charge in [-0.05, 0) is 17.7 Å². The molecule has 2 aliphatic heterocycles. The van der Waals surface area contributed by atoms with Crippen LogP contribution >= 0.6 is 39.5 Å². The molecule has 5 heteroatoms. The Bertz CT molecular complexity index is 412. The highest BCUT2D eigenvalue weighted by molar-refractivity contribution is 9.10. The Labute approximate surface area is 131 Å². The smallest absolute Gasteiger partial charge is 0.0886 e. The molecule has 1 unspecified atom stereocenters. The van der Waals surface area contributed by atoms with Crippen molar-refractivity contribution in [2.24, 2.45) is 0 Å². The van der Waals surface area contributed by atoms with E-state index in [1.807, 2.05) is 0 Å². The minimum absolute atomic E-state index is 0.145. The summed E-state index contributed by atoms with van der Waals surface area (Å²) < 4.78 is 12.7. The fourth-order valence-corrected chi connectivity index (χ4v) is 6.15. The van der Waals surface area contributed by atoms with Crippen LogP contribution in [0.2, 0.25) is 0 Å². The molecule has 2 heterocycles. The lowest BCUT2D eigenvalue weighted by atomic mass is 10.1. The van der Waals surface area contributed by atoms with Crippen LogP contribution in [0.3, 0.4) is 0 Å². The summed E-state index contributed by atoms with van der Waals surface area (Å²) in [6.07, 6.45) is 1.26. The summed E-state index contributed by atoms with van der Waals surface area (Å²) in [5, 5.41) is 0. The monoisotopic (exact) mass is 360 g/mol. The van der Waals surface area contributed by atoms with Crippen LogP contribution in [-0.2, 0) is 13.6 Å². The van der Waals surface area contributed by atoms with Crippen molar-refractivity contribution in [2.75, 3.05) is 31.3 Å². The lowest BCUT2D eigenvalue weighted by Gasteiger charge is -2.33. The first-order chi connectivity index (χ1) is 9.28. The molecule has 19 heavy (non-hydrogen) atoms. The molecule has 1 atom stereocenters. The second-order valence-electron chi connectivity index (χ2n) is 4.73. The van der Waals surface area contributed by atoms with Gasteiger partial charge in [-0.2, -0.15) is 0 Å². The number of hydrogen-bond donors (Lipinski definition) is 0. The van der Waals surface area contributed by atoms with Gasteiger partial charge in [0.25, 0.3) is 0 Å². The summed E-state index contributed by atoms with van der Waals surface area (Å²) in [6.45, 7) is 2.21. The van der Waals surface area contributed by atoms with E-state index in [4.69, 9.17) is 9.47 Å². The third kappa shape index (κ3) is 3.32. The minimum atomic E-state index is 0.145. The van der Waals surface area contributed by atoms with Gasteiger partial charge in [-0.25, -0.2) is 0 Å². The summed E-state index contributed by atoms with van der Waals surface area (Å²) in [6, 6.07) is 8.74. The molecule has 2 saturated heterocycles. The van der Waals surface area contributed by atoms with Crippen molar-refractivity contribution in [1.29, 1.82) is 0 Å². The van der Waals surface area contributed by atoms with Crippen molar-refractivity contribution < 1.29 is 9.47 Å². The van der Waals surface area contributed by atoms with Gasteiger partial charge in [0.1, 0.15) is 0 Å². The summed E-state index contributed by atoms with van der Waals surface area (Å²) in [5.41, 5.74) is 1.40. The average molecular weight is 361 g/mol. The number of thioether (sulfide) groups is 2. The molecule has 0 spiro atoms. The molecule has 104 valence electrons. The topological polar surface area (TPSA) is 18.5 Å². The molecular formula is C14H17BrO2S2. The van der Waals surface area contributed by atoms with Crippen molar-refractivity contribution in [2.45, 2.75) is 16.6 Å². The predicted octanol–water partition coefficient (Wildman–Crippen LogP) is 3.89. The quantitative estimate of drug-likeness (QED) is 0.813. The average Bonchev–Trinajstić information content (AvgIpc) is 2.90. The Morgan fingerprint density at radius 3 is 2.53 bits per heavy atom. The summed E-state index contributed by atoms with van der Waals surface area (Å²) >= 11 is 7.62. The molecule has 0 radical (unpaired) electrons. The van der Waals surface area contributed by atoms with E-state index in [9.17, 15) is 0 Å². The number of benzene rings is 1. The number of rotatable bonds is 3. The summed E-state index contributed by atoms with van der Waals surface area (Å²) in [5.74, 6) is 2.43. The number of halogens is 1. The van der Waals surface area contributed by atoms with E-state index >= 15 is 0 Å². The van der Waals surface area contributed by atoms with E-state index < -0.39 is 0 Å². The lowest BCUT2D eigenvalue weighted by Crippen LogP contribution is -2.33. The van der Waals surface area contributed by atoms with Crippen LogP contribution in [0.4, 0.5) is 0 Å². The lowest BCUT2D eigenvalue weighted by molar-refractivity contribution is -0.0915. The van der Waals surface area contributed by atoms with E-state index in [2.05, 4.69) is 63.7 Å². The zero-order valence-corrected chi connectivity index (χ0v) is 13.9. The zero-order chi connectivity index (χ0) is 13.1. The van der Waals surface area contributed by atoms with Gasteiger partial charge in [-0.15, -0.1) is 23.5 Å². The highest BCUT2D eigenvalue weighted by Crippen LogP contribution is 2.55. The molecule has 0 aromatic heterocycles. The second-order valence-corrected chi connectivity index (χ2v) is 8.69. The van der Waals surface area contributed by atoms with Gasteiger partial charge in [0.2, 0.25) is 0 Å². The molecule has 1 aromatic carbocycles. The van der Waals surface area contributed by atoms with Gasteiger partial charge in [-0.3, -0.25) is 0 Å². The maximum absolute atomic E-state index is 5.85. The molecule has 0 amide bonds. The standard InChI is InChI=1S/C14H17BrO2S2/c15-12-3-1-11(2-4-12)14(18-7-8-19-14)9-13-10-16-5-6-17-13/h1-4,13H,5-10H2. The Kier molecular flexibility index (Phi) is 4.80. The molecule has 3 rings (SSSR count). The Hall–Kier alpha value is 0.320. The maximum Gasteiger partial charge on any atom is 0.0886 e. The van der Waals surface area contributed by atoms with Gasteiger partial charge in [0, 0.05) is 22.4 Å². The molecule has 0 aliphatic carbocycles. The van der Waals surface area contributed by atoms with Crippen molar-refractivity contribution in [3.63, 3.8) is 0 Å². The van der Waals surface area contributed by atoms with Crippen molar-refractivity contribution in [3.05, 3.63) is 34.3 Å². The Morgan fingerprint density at radius 1 is 1.16 bits per heavy atom. The van der Waals surface area contributed by atoms with Crippen LogP contribution < -0.4 is 0 Å². The van der Waals surface area contributed by atoms with E-state index in [0.29, 0.717) is 0 Å². The van der Waals surface area contributed by atoms with Gasteiger partial charge in [-0.1, -0.05) is 28.1 Å². The molecule has 0 saturated carbocycles. The summed E-state index contributed by atoms with van der Waals surface area (Å²) in [7, 11) is 0. The van der Waals surface area contributed by atoms with Crippen molar-refractivity contribution in [1.82, 2.24) is 0 Å². The number of ether oxygens (including phenoxy) is 2. The van der Waals surface area contributed by atoms with Gasteiger partial charge in [0.15, 0.2) is 0 Å². The fraction of sp³-hybridized carbons (Fsp3) is 0.571. The van der Waals surface area contributed by atoms with Crippen LogP contribution in [0.15, 0.2) is 28.7 Å². The molecule has 2 aliphatic rings. The molecule has 1 aromatic rings. The first-order valence-electron chi connectivity index (χ1n) is 6.52. The normalized spacial score (nSPS) is 26.5. The van der Waals surface area contributed by atoms with E-state index in [1.54, 1.807) is 0 Å². The van der Waals surface area contributed by atoms with Crippen LogP contribution in [0.25, 0.3) is 0 Å². The highest BCUT2D eigenvalue weighted by Gasteiger charge is 2.40. The number of hydrogen-bond acceptors (Lipinski definition) is 4. The molecular weight excluding hydrogens is 344 g/mol. The molecule has 0 N–H and O–H groups in total. The van der Waals surface area contributed by atoms with Crippen LogP contribution in [0, 0.1) is 0 Å². The third-order valence-corrected chi connectivity index (χ3v) is 7.47. The zero-order valence-electron chi connectivity index (χ0n) is 10.6. The highest BCUT2D eigenvalue weighted by atomic mass is 79.9. The minimum Gasteiger partial charge on any atom is -0.376 e. The Balaban J connectivity index is 1.79. The maximum atomic E-state index is 5.85. The van der Waals surface area contributed by atoms with Crippen LogP contribution in [0.5, 0.6) is 0 Å². The van der Waals surface area contributed by atoms with E-state index in [-0.39, 0.29) is 10.2 Å². The molecule has 2 fully saturated rings. The first kappa shape index (κ1) is 14.3. The fourth-order valence-electron chi connectivity index (χ4n) is 2.52. The van der Waals surface area contributed by atoms with Crippen LogP contribution in [0.1, 0.15) is 12.0 Å². The van der Waals surface area contributed by atoms with Crippen molar-refractivity contribution in [3.8, 4) is 0 Å². The SMILES string of the molecule is Brc1ccc(C2(CC3COCCO3)SCCS2)cc1. The second kappa shape index (κ2) is 6.39. The predicted molar refractivity (Wildman–Crippen MR) is 85.9 cm³/mol. The van der Waals surface area contributed by atoms with Crippen LogP contribution in [-0.4, -0.2) is 37.4 Å². The third-order valence-electron chi connectivity index (χ3n) is 3.42. The van der Waals surface area contributed by atoms with Gasteiger partial charge >= 0.3 is 0 Å². The Morgan fingerprint density at radius 2 is 1.89 bits per heavy atom. The molecule has 2 nitrogen and oxygen atoms in total. The first-order valence-corrected chi connectivity index (χ1v) is 9.28. The summed E-state index contributed by atoms with van der Waals surface area (Å²) in [4.78, 5) is 0. The van der Waals surface area contributed by atoms with Crippen molar-refractivity contribution >= 4 is 39.5 Å². The van der Waals surface area contributed by atoms with E-state index in [1.165, 1.54) is 17.1 Å².